The summed E-state index contributed by atoms with van der Waals surface area (Å²) in [6.45, 7) is 0.845. The largest absolute Gasteiger partial charge is 0.367 e. The van der Waals surface area contributed by atoms with Crippen LogP contribution in [0.1, 0.15) is 12.0 Å². The summed E-state index contributed by atoms with van der Waals surface area (Å²) in [6, 6.07) is 0.0904. The average molecular weight is 337 g/mol. The molecule has 0 saturated heterocycles. The molecule has 3 aliphatic rings. The molecule has 1 aliphatic carbocycles. The van der Waals surface area contributed by atoms with Gasteiger partial charge in [0.25, 0.3) is 5.91 Å². The average Bonchev–Trinajstić information content (AvgIpc) is 3.01. The first-order valence-electron chi connectivity index (χ1n) is 8.20. The Hall–Kier alpha value is -2.64. The van der Waals surface area contributed by atoms with E-state index in [1.807, 2.05) is 18.5 Å². The molecule has 0 spiro atoms. The van der Waals surface area contributed by atoms with Crippen molar-refractivity contribution in [2.75, 3.05) is 13.7 Å². The minimum atomic E-state index is -1.20. The number of methoxy groups -OCH3 is 1. The number of aromatic nitrogens is 2. The minimum absolute atomic E-state index is 0.0904. The first-order valence-corrected chi connectivity index (χ1v) is 8.20. The van der Waals surface area contributed by atoms with Crippen molar-refractivity contribution >= 4 is 11.6 Å². The summed E-state index contributed by atoms with van der Waals surface area (Å²) in [5, 5.41) is 3.51. The van der Waals surface area contributed by atoms with E-state index >= 15 is 0 Å². The van der Waals surface area contributed by atoms with Gasteiger partial charge in [-0.05, 0) is 48.8 Å². The fraction of sp³-hybridized carbons (Fsp3) is 0.333. The quantitative estimate of drug-likeness (QED) is 0.831. The van der Waals surface area contributed by atoms with Crippen LogP contribution in [0.4, 0.5) is 0 Å². The Bertz CT molecular complexity index is 840. The summed E-state index contributed by atoms with van der Waals surface area (Å²) < 4.78 is 5.40. The Kier molecular flexibility index (Phi) is 3.82. The van der Waals surface area contributed by atoms with Crippen molar-refractivity contribution in [1.29, 1.82) is 0 Å². The molecular formula is C18H19N5O2. The van der Waals surface area contributed by atoms with Crippen LogP contribution in [-0.4, -0.2) is 46.9 Å². The lowest BCUT2D eigenvalue weighted by atomic mass is 9.85. The summed E-state index contributed by atoms with van der Waals surface area (Å²) in [5.74, 6) is -0.529. The highest BCUT2D eigenvalue weighted by Gasteiger charge is 2.39. The molecule has 0 aromatic carbocycles. The molecule has 2 unspecified atom stereocenters. The van der Waals surface area contributed by atoms with Crippen LogP contribution >= 0.6 is 0 Å². The van der Waals surface area contributed by atoms with Crippen LogP contribution < -0.4 is 11.1 Å². The van der Waals surface area contributed by atoms with Crippen molar-refractivity contribution in [3.8, 4) is 0 Å². The van der Waals surface area contributed by atoms with E-state index in [0.717, 1.165) is 47.5 Å². The van der Waals surface area contributed by atoms with E-state index in [0.29, 0.717) is 0 Å². The van der Waals surface area contributed by atoms with E-state index in [2.05, 4.69) is 15.3 Å². The molecule has 1 aromatic heterocycles. The Morgan fingerprint density at radius 1 is 1.44 bits per heavy atom. The smallest absolute Gasteiger partial charge is 0.257 e. The number of allylic oxidation sites excluding steroid dienone is 2. The lowest BCUT2D eigenvalue weighted by molar-refractivity contribution is -0.130. The molecule has 4 rings (SSSR count). The molecule has 25 heavy (non-hydrogen) atoms. The second-order valence-electron chi connectivity index (χ2n) is 6.32. The molecule has 2 atom stereocenters. The van der Waals surface area contributed by atoms with Crippen LogP contribution in [0.25, 0.3) is 0 Å². The number of fused-ring (bicyclic) bond motifs is 2. The Balaban J connectivity index is 1.70. The van der Waals surface area contributed by atoms with Crippen molar-refractivity contribution in [3.05, 3.63) is 59.4 Å². The number of hydrogen-bond acceptors (Lipinski definition) is 6. The van der Waals surface area contributed by atoms with Gasteiger partial charge >= 0.3 is 0 Å². The zero-order valence-corrected chi connectivity index (χ0v) is 13.9. The first-order chi connectivity index (χ1) is 12.1. The van der Waals surface area contributed by atoms with Crippen molar-refractivity contribution < 1.29 is 9.53 Å². The fourth-order valence-corrected chi connectivity index (χ4v) is 3.54. The van der Waals surface area contributed by atoms with Crippen molar-refractivity contribution in [3.63, 3.8) is 0 Å². The van der Waals surface area contributed by atoms with Gasteiger partial charge in [0.15, 0.2) is 5.60 Å². The Morgan fingerprint density at radius 2 is 2.24 bits per heavy atom. The van der Waals surface area contributed by atoms with Gasteiger partial charge in [0, 0.05) is 25.1 Å². The number of nitrogens with zero attached hydrogens (tertiary/aromatic N) is 3. The predicted octanol–water partition coefficient (Wildman–Crippen LogP) is 0.456. The van der Waals surface area contributed by atoms with Crippen LogP contribution in [0.3, 0.4) is 0 Å². The zero-order chi connectivity index (χ0) is 17.4. The number of carbonyl (C=O) groups excluding carboxylic acids is 1. The topological polar surface area (TPSA) is 102 Å². The lowest BCUT2D eigenvalue weighted by Crippen LogP contribution is -2.44. The Labute approximate surface area is 145 Å². The highest BCUT2D eigenvalue weighted by molar-refractivity contribution is 6.16. The third-order valence-corrected chi connectivity index (χ3v) is 4.87. The Morgan fingerprint density at radius 3 is 2.96 bits per heavy atom. The van der Waals surface area contributed by atoms with Crippen LogP contribution in [0.5, 0.6) is 0 Å². The summed E-state index contributed by atoms with van der Waals surface area (Å²) in [5.41, 5.74) is 9.38. The van der Waals surface area contributed by atoms with Gasteiger partial charge in [0.2, 0.25) is 0 Å². The SMILES string of the molecule is COC1(C(N)=O)C=CC2=NC3=C(CCNC3Cc3cncnc3)C2=C1. The van der Waals surface area contributed by atoms with Gasteiger partial charge < -0.3 is 15.8 Å². The maximum atomic E-state index is 11.9. The molecule has 3 heterocycles. The minimum Gasteiger partial charge on any atom is -0.367 e. The summed E-state index contributed by atoms with van der Waals surface area (Å²) in [6.07, 6.45) is 12.1. The van der Waals surface area contributed by atoms with E-state index in [-0.39, 0.29) is 6.04 Å². The van der Waals surface area contributed by atoms with E-state index in [1.54, 1.807) is 12.2 Å². The summed E-state index contributed by atoms with van der Waals surface area (Å²) >= 11 is 0. The van der Waals surface area contributed by atoms with Gasteiger partial charge in [-0.25, -0.2) is 9.97 Å². The fourth-order valence-electron chi connectivity index (χ4n) is 3.54. The van der Waals surface area contributed by atoms with Gasteiger partial charge in [-0.15, -0.1) is 0 Å². The molecule has 0 fully saturated rings. The highest BCUT2D eigenvalue weighted by atomic mass is 16.5. The molecule has 7 heteroatoms. The van der Waals surface area contributed by atoms with E-state index in [9.17, 15) is 4.79 Å². The second-order valence-corrected chi connectivity index (χ2v) is 6.32. The molecule has 3 N–H and O–H groups in total. The number of nitrogens with two attached hydrogens (primary N) is 1. The van der Waals surface area contributed by atoms with Crippen molar-refractivity contribution in [2.24, 2.45) is 10.7 Å². The van der Waals surface area contributed by atoms with Crippen molar-refractivity contribution in [1.82, 2.24) is 15.3 Å². The van der Waals surface area contributed by atoms with Crippen LogP contribution in [0.2, 0.25) is 0 Å². The predicted molar refractivity (Wildman–Crippen MR) is 92.8 cm³/mol. The van der Waals surface area contributed by atoms with Gasteiger partial charge in [0.1, 0.15) is 6.33 Å². The standard InChI is InChI=1S/C18H19N5O2/c1-25-18(17(19)24)4-2-14-13(7-18)12-3-5-22-15(16(12)23-14)6-11-8-20-10-21-9-11/h2,4,7-10,15,22H,3,5-6H2,1H3,(H2,19,24). The molecule has 128 valence electrons. The highest BCUT2D eigenvalue weighted by Crippen LogP contribution is 2.37. The third kappa shape index (κ3) is 2.61. The zero-order valence-electron chi connectivity index (χ0n) is 13.9. The number of amides is 1. The number of carbonyl (C=O) groups is 1. The molecular weight excluding hydrogens is 318 g/mol. The molecule has 1 amide bonds. The van der Waals surface area contributed by atoms with E-state index in [4.69, 9.17) is 15.5 Å². The van der Waals surface area contributed by atoms with Gasteiger partial charge in [0.05, 0.1) is 17.5 Å². The number of aliphatic imine (C=N–C) groups is 1. The van der Waals surface area contributed by atoms with Gasteiger partial charge in [-0.2, -0.15) is 0 Å². The van der Waals surface area contributed by atoms with Gasteiger partial charge in [-0.3, -0.25) is 9.79 Å². The van der Waals surface area contributed by atoms with Crippen LogP contribution in [0.15, 0.2) is 58.8 Å². The third-order valence-electron chi connectivity index (χ3n) is 4.87. The molecule has 0 radical (unpaired) electrons. The maximum Gasteiger partial charge on any atom is 0.257 e. The lowest BCUT2D eigenvalue weighted by Gasteiger charge is -2.28. The van der Waals surface area contributed by atoms with Crippen LogP contribution in [0, 0.1) is 0 Å². The molecule has 2 aliphatic heterocycles. The number of nitrogens with one attached hydrogen (secondary N) is 1. The second kappa shape index (κ2) is 6.02. The van der Waals surface area contributed by atoms with Gasteiger partial charge in [-0.1, -0.05) is 0 Å². The first kappa shape index (κ1) is 15.9. The van der Waals surface area contributed by atoms with E-state index < -0.39 is 11.5 Å². The van der Waals surface area contributed by atoms with Crippen LogP contribution in [-0.2, 0) is 16.0 Å². The molecule has 1 aromatic rings. The molecule has 7 nitrogen and oxygen atoms in total. The number of ether oxygens (including phenoxy) is 1. The number of primary amides is 1. The summed E-state index contributed by atoms with van der Waals surface area (Å²) in [4.78, 5) is 24.8. The number of rotatable bonds is 4. The normalized spacial score (nSPS) is 27.5. The van der Waals surface area contributed by atoms with Crippen molar-refractivity contribution in [2.45, 2.75) is 24.5 Å². The maximum absolute atomic E-state index is 11.9. The summed E-state index contributed by atoms with van der Waals surface area (Å²) in [7, 11) is 1.49. The molecule has 0 saturated carbocycles. The number of hydrogen-bond donors (Lipinski definition) is 2. The van der Waals surface area contributed by atoms with E-state index in [1.165, 1.54) is 13.4 Å². The molecule has 0 bridgehead atoms. The monoisotopic (exact) mass is 337 g/mol.